The van der Waals surface area contributed by atoms with Gasteiger partial charge in [0.2, 0.25) is 0 Å². The summed E-state index contributed by atoms with van der Waals surface area (Å²) in [5.41, 5.74) is 1.04. The van der Waals surface area contributed by atoms with E-state index < -0.39 is 5.60 Å². The fraction of sp³-hybridized carbons (Fsp3) is 0.733. The normalized spacial score (nSPS) is 20.8. The first-order valence-corrected chi connectivity index (χ1v) is 7.41. The Labute approximate surface area is 121 Å². The van der Waals surface area contributed by atoms with Crippen molar-refractivity contribution < 1.29 is 9.53 Å². The number of amides is 1. The van der Waals surface area contributed by atoms with E-state index in [4.69, 9.17) is 10.1 Å². The minimum absolute atomic E-state index is 0.320. The van der Waals surface area contributed by atoms with Crippen molar-refractivity contribution in [2.24, 2.45) is 0 Å². The lowest BCUT2D eigenvalue weighted by molar-refractivity contribution is 0.0331. The highest BCUT2D eigenvalue weighted by Crippen LogP contribution is 2.22. The highest BCUT2D eigenvalue weighted by Gasteiger charge is 2.27. The van der Waals surface area contributed by atoms with Crippen molar-refractivity contribution in [3.05, 3.63) is 11.9 Å². The molecule has 112 valence electrons. The standard InChI is InChI=1S/C15H25N3O2/c1-15(2,3)20-14(19)18-10-7-12(16)13(11-18)17-8-5-4-6-9-17/h11,16H,4-10H2,1-3H3. The molecule has 2 aliphatic heterocycles. The molecule has 5 nitrogen and oxygen atoms in total. The maximum absolute atomic E-state index is 12.1. The van der Waals surface area contributed by atoms with Gasteiger partial charge in [-0.15, -0.1) is 0 Å². The molecule has 2 rings (SSSR count). The van der Waals surface area contributed by atoms with Gasteiger partial charge in [-0.2, -0.15) is 0 Å². The smallest absolute Gasteiger partial charge is 0.414 e. The van der Waals surface area contributed by atoms with Crippen molar-refractivity contribution in [3.8, 4) is 0 Å². The van der Waals surface area contributed by atoms with Gasteiger partial charge in [-0.25, -0.2) is 4.79 Å². The van der Waals surface area contributed by atoms with Gasteiger partial charge in [0.1, 0.15) is 5.60 Å². The van der Waals surface area contributed by atoms with Gasteiger partial charge in [0.05, 0.1) is 11.4 Å². The molecule has 0 bridgehead atoms. The van der Waals surface area contributed by atoms with Gasteiger partial charge in [0.25, 0.3) is 0 Å². The molecule has 20 heavy (non-hydrogen) atoms. The molecule has 0 spiro atoms. The minimum atomic E-state index is -0.485. The van der Waals surface area contributed by atoms with Crippen molar-refractivity contribution >= 4 is 11.8 Å². The summed E-state index contributed by atoms with van der Waals surface area (Å²) in [5.74, 6) is 0. The maximum Gasteiger partial charge on any atom is 0.414 e. The van der Waals surface area contributed by atoms with E-state index in [2.05, 4.69) is 4.90 Å². The average molecular weight is 279 g/mol. The van der Waals surface area contributed by atoms with Crippen LogP contribution >= 0.6 is 0 Å². The number of hydrogen-bond acceptors (Lipinski definition) is 4. The molecule has 1 amide bonds. The van der Waals surface area contributed by atoms with Crippen LogP contribution in [-0.4, -0.2) is 46.8 Å². The lowest BCUT2D eigenvalue weighted by atomic mass is 10.1. The van der Waals surface area contributed by atoms with Crippen LogP contribution in [0.3, 0.4) is 0 Å². The number of rotatable bonds is 1. The Morgan fingerprint density at radius 1 is 1.20 bits per heavy atom. The molecule has 5 heteroatoms. The SMILES string of the molecule is CC(C)(C)OC(=O)N1C=C(N2CCCCC2)C(=N)CC1. The number of carbonyl (C=O) groups excluding carboxylic acids is 1. The van der Waals surface area contributed by atoms with E-state index in [1.165, 1.54) is 6.42 Å². The summed E-state index contributed by atoms with van der Waals surface area (Å²) >= 11 is 0. The van der Waals surface area contributed by atoms with Crippen LogP contribution in [0.5, 0.6) is 0 Å². The van der Waals surface area contributed by atoms with Gasteiger partial charge in [0.15, 0.2) is 0 Å². The van der Waals surface area contributed by atoms with Crippen molar-refractivity contribution in [2.45, 2.75) is 52.1 Å². The fourth-order valence-corrected chi connectivity index (χ4v) is 2.52. The Bertz CT molecular complexity index is 417. The Hall–Kier alpha value is -1.52. The second-order valence-corrected chi connectivity index (χ2v) is 6.46. The predicted molar refractivity (Wildman–Crippen MR) is 78.8 cm³/mol. The number of ether oxygens (including phenoxy) is 1. The van der Waals surface area contributed by atoms with Crippen molar-refractivity contribution in [3.63, 3.8) is 0 Å². The second-order valence-electron chi connectivity index (χ2n) is 6.46. The van der Waals surface area contributed by atoms with Crippen molar-refractivity contribution in [1.29, 1.82) is 5.41 Å². The van der Waals surface area contributed by atoms with E-state index in [-0.39, 0.29) is 6.09 Å². The summed E-state index contributed by atoms with van der Waals surface area (Å²) in [6, 6.07) is 0. The molecule has 1 saturated heterocycles. The van der Waals surface area contributed by atoms with Crippen LogP contribution in [0.4, 0.5) is 4.79 Å². The summed E-state index contributed by atoms with van der Waals surface area (Å²) in [6.45, 7) is 8.10. The Kier molecular flexibility index (Phi) is 4.35. The number of piperidine rings is 1. The fourth-order valence-electron chi connectivity index (χ4n) is 2.52. The summed E-state index contributed by atoms with van der Waals surface area (Å²) in [4.78, 5) is 15.9. The molecule has 0 radical (unpaired) electrons. The van der Waals surface area contributed by atoms with Crippen LogP contribution in [0, 0.1) is 5.41 Å². The van der Waals surface area contributed by atoms with E-state index in [1.54, 1.807) is 11.1 Å². The number of nitrogens with zero attached hydrogens (tertiary/aromatic N) is 2. The molecule has 0 atom stereocenters. The summed E-state index contributed by atoms with van der Waals surface area (Å²) in [5, 5.41) is 8.10. The first kappa shape index (κ1) is 14.9. The van der Waals surface area contributed by atoms with Gasteiger partial charge < -0.3 is 15.0 Å². The topological polar surface area (TPSA) is 56.6 Å². The van der Waals surface area contributed by atoms with E-state index >= 15 is 0 Å². The number of hydrogen-bond donors (Lipinski definition) is 1. The molecule has 0 aromatic heterocycles. The lowest BCUT2D eigenvalue weighted by Crippen LogP contribution is -2.41. The third kappa shape index (κ3) is 3.74. The van der Waals surface area contributed by atoms with Gasteiger partial charge >= 0.3 is 6.09 Å². The van der Waals surface area contributed by atoms with Crippen LogP contribution in [-0.2, 0) is 4.74 Å². The lowest BCUT2D eigenvalue weighted by Gasteiger charge is -2.35. The van der Waals surface area contributed by atoms with E-state index in [0.717, 1.165) is 31.6 Å². The molecular formula is C15H25N3O2. The van der Waals surface area contributed by atoms with Crippen molar-refractivity contribution in [1.82, 2.24) is 9.80 Å². The Morgan fingerprint density at radius 3 is 2.45 bits per heavy atom. The number of carbonyl (C=O) groups is 1. The highest BCUT2D eigenvalue weighted by molar-refractivity contribution is 5.98. The first-order chi connectivity index (χ1) is 9.37. The zero-order chi connectivity index (χ0) is 14.8. The molecule has 1 fully saturated rings. The molecule has 0 aromatic rings. The Morgan fingerprint density at radius 2 is 1.85 bits per heavy atom. The third-order valence-corrected chi connectivity index (χ3v) is 3.51. The number of allylic oxidation sites excluding steroid dienone is 1. The van der Waals surface area contributed by atoms with E-state index in [9.17, 15) is 4.79 Å². The number of likely N-dealkylation sites (tertiary alicyclic amines) is 1. The molecule has 0 aliphatic carbocycles. The molecule has 2 heterocycles. The van der Waals surface area contributed by atoms with E-state index in [1.807, 2.05) is 20.8 Å². The molecule has 1 N–H and O–H groups in total. The molecular weight excluding hydrogens is 254 g/mol. The van der Waals surface area contributed by atoms with Gasteiger partial charge in [-0.05, 0) is 40.0 Å². The van der Waals surface area contributed by atoms with Crippen LogP contribution in [0.25, 0.3) is 0 Å². The monoisotopic (exact) mass is 279 g/mol. The minimum Gasteiger partial charge on any atom is -0.443 e. The zero-order valence-electron chi connectivity index (χ0n) is 12.7. The maximum atomic E-state index is 12.1. The van der Waals surface area contributed by atoms with Gasteiger partial charge in [0, 0.05) is 32.3 Å². The van der Waals surface area contributed by atoms with Crippen LogP contribution < -0.4 is 0 Å². The zero-order valence-corrected chi connectivity index (χ0v) is 12.7. The average Bonchev–Trinajstić information content (AvgIpc) is 2.38. The molecule has 0 unspecified atom stereocenters. The first-order valence-electron chi connectivity index (χ1n) is 7.41. The largest absolute Gasteiger partial charge is 0.443 e. The Balaban J connectivity index is 2.09. The van der Waals surface area contributed by atoms with Gasteiger partial charge in [-0.3, -0.25) is 4.90 Å². The van der Waals surface area contributed by atoms with Crippen molar-refractivity contribution in [2.75, 3.05) is 19.6 Å². The predicted octanol–water partition coefficient (Wildman–Crippen LogP) is 2.97. The second kappa shape index (κ2) is 5.85. The third-order valence-electron chi connectivity index (χ3n) is 3.51. The summed E-state index contributed by atoms with van der Waals surface area (Å²) < 4.78 is 5.40. The molecule has 0 saturated carbocycles. The van der Waals surface area contributed by atoms with Crippen LogP contribution in [0.2, 0.25) is 0 Å². The van der Waals surface area contributed by atoms with Crippen LogP contribution in [0.15, 0.2) is 11.9 Å². The van der Waals surface area contributed by atoms with E-state index in [0.29, 0.717) is 18.7 Å². The summed E-state index contributed by atoms with van der Waals surface area (Å²) in [7, 11) is 0. The molecule has 0 aromatic carbocycles. The van der Waals surface area contributed by atoms with Crippen LogP contribution in [0.1, 0.15) is 46.5 Å². The number of nitrogens with one attached hydrogen (secondary N) is 1. The summed E-state index contributed by atoms with van der Waals surface area (Å²) in [6.07, 6.45) is 5.66. The van der Waals surface area contributed by atoms with Gasteiger partial charge in [-0.1, -0.05) is 0 Å². The highest BCUT2D eigenvalue weighted by atomic mass is 16.6. The molecule has 2 aliphatic rings. The quantitative estimate of drug-likeness (QED) is 0.803.